The van der Waals surface area contributed by atoms with E-state index in [4.69, 9.17) is 0 Å². The first-order chi connectivity index (χ1) is 9.03. The van der Waals surface area contributed by atoms with E-state index in [9.17, 15) is 0 Å². The largest absolute Gasteiger partial charge is 0.315 e. The lowest BCUT2D eigenvalue weighted by Crippen LogP contribution is -2.33. The number of fused-ring (bicyclic) bond motifs is 1. The first-order valence-electron chi connectivity index (χ1n) is 7.25. The molecule has 0 saturated carbocycles. The Kier molecular flexibility index (Phi) is 4.26. The first-order valence-corrected chi connectivity index (χ1v) is 7.25. The van der Waals surface area contributed by atoms with E-state index in [0.29, 0.717) is 6.04 Å². The second-order valence-electron chi connectivity index (χ2n) is 6.11. The summed E-state index contributed by atoms with van der Waals surface area (Å²) in [5.74, 6) is 0. The number of hydrogen-bond donors (Lipinski definition) is 1. The minimum atomic E-state index is 0.200. The SMILES string of the molecule is CCNC(C)CC(C)(C)c1ccc2ccccc2c1. The van der Waals surface area contributed by atoms with Gasteiger partial charge < -0.3 is 5.32 Å². The predicted octanol–water partition coefficient (Wildman–Crippen LogP) is 4.51. The minimum absolute atomic E-state index is 0.200. The topological polar surface area (TPSA) is 12.0 Å². The molecule has 0 saturated heterocycles. The summed E-state index contributed by atoms with van der Waals surface area (Å²) in [6, 6.07) is 16.0. The van der Waals surface area contributed by atoms with Crippen molar-refractivity contribution in [3.8, 4) is 0 Å². The summed E-state index contributed by atoms with van der Waals surface area (Å²) in [5.41, 5.74) is 1.63. The van der Waals surface area contributed by atoms with Crippen molar-refractivity contribution in [2.24, 2.45) is 0 Å². The molecule has 1 N–H and O–H groups in total. The van der Waals surface area contributed by atoms with E-state index in [1.165, 1.54) is 16.3 Å². The molecule has 1 heteroatoms. The molecular formula is C18H25N. The van der Waals surface area contributed by atoms with E-state index in [-0.39, 0.29) is 5.41 Å². The second kappa shape index (κ2) is 5.75. The molecule has 1 atom stereocenters. The van der Waals surface area contributed by atoms with E-state index >= 15 is 0 Å². The summed E-state index contributed by atoms with van der Waals surface area (Å²) in [6.07, 6.45) is 1.15. The maximum atomic E-state index is 3.51. The smallest absolute Gasteiger partial charge is 0.00468 e. The van der Waals surface area contributed by atoms with Gasteiger partial charge in [-0.05, 0) is 41.6 Å². The third-order valence-electron chi connectivity index (χ3n) is 3.90. The maximum Gasteiger partial charge on any atom is 0.00468 e. The van der Waals surface area contributed by atoms with Crippen LogP contribution in [0.15, 0.2) is 42.5 Å². The molecule has 0 aliphatic heterocycles. The normalized spacial score (nSPS) is 13.7. The third-order valence-corrected chi connectivity index (χ3v) is 3.90. The average molecular weight is 255 g/mol. The van der Waals surface area contributed by atoms with Crippen molar-refractivity contribution >= 4 is 10.8 Å². The molecule has 2 rings (SSSR count). The highest BCUT2D eigenvalue weighted by Crippen LogP contribution is 2.30. The van der Waals surface area contributed by atoms with Gasteiger partial charge in [0.1, 0.15) is 0 Å². The lowest BCUT2D eigenvalue weighted by atomic mass is 9.78. The molecule has 0 amide bonds. The van der Waals surface area contributed by atoms with Gasteiger partial charge >= 0.3 is 0 Å². The van der Waals surface area contributed by atoms with Crippen LogP contribution in [0.25, 0.3) is 10.8 Å². The Balaban J connectivity index is 2.26. The average Bonchev–Trinajstić information content (AvgIpc) is 2.37. The molecule has 102 valence electrons. The van der Waals surface area contributed by atoms with Gasteiger partial charge in [-0.25, -0.2) is 0 Å². The molecule has 0 fully saturated rings. The van der Waals surface area contributed by atoms with Crippen LogP contribution in [0.2, 0.25) is 0 Å². The van der Waals surface area contributed by atoms with E-state index in [2.05, 4.69) is 75.5 Å². The van der Waals surface area contributed by atoms with Gasteiger partial charge in [0.2, 0.25) is 0 Å². The molecule has 0 heterocycles. The van der Waals surface area contributed by atoms with Crippen LogP contribution in [0.3, 0.4) is 0 Å². The zero-order chi connectivity index (χ0) is 13.9. The van der Waals surface area contributed by atoms with Crippen LogP contribution in [0.5, 0.6) is 0 Å². The van der Waals surface area contributed by atoms with Crippen LogP contribution < -0.4 is 5.32 Å². The molecule has 0 radical (unpaired) electrons. The second-order valence-corrected chi connectivity index (χ2v) is 6.11. The number of hydrogen-bond acceptors (Lipinski definition) is 1. The zero-order valence-corrected chi connectivity index (χ0v) is 12.5. The van der Waals surface area contributed by atoms with Crippen molar-refractivity contribution in [2.75, 3.05) is 6.54 Å². The number of nitrogens with one attached hydrogen (secondary N) is 1. The fourth-order valence-corrected chi connectivity index (χ4v) is 2.91. The fourth-order valence-electron chi connectivity index (χ4n) is 2.91. The molecule has 19 heavy (non-hydrogen) atoms. The monoisotopic (exact) mass is 255 g/mol. The molecular weight excluding hydrogens is 230 g/mol. The van der Waals surface area contributed by atoms with Crippen molar-refractivity contribution in [1.29, 1.82) is 0 Å². The Morgan fingerprint density at radius 1 is 1.05 bits per heavy atom. The Hall–Kier alpha value is -1.34. The van der Waals surface area contributed by atoms with E-state index in [1.54, 1.807) is 0 Å². The Morgan fingerprint density at radius 3 is 2.42 bits per heavy atom. The minimum Gasteiger partial charge on any atom is -0.315 e. The van der Waals surface area contributed by atoms with Crippen LogP contribution >= 0.6 is 0 Å². The zero-order valence-electron chi connectivity index (χ0n) is 12.5. The van der Waals surface area contributed by atoms with E-state index in [0.717, 1.165) is 13.0 Å². The van der Waals surface area contributed by atoms with Crippen LogP contribution in [-0.2, 0) is 5.41 Å². The van der Waals surface area contributed by atoms with Gasteiger partial charge in [0, 0.05) is 6.04 Å². The third kappa shape index (κ3) is 3.36. The van der Waals surface area contributed by atoms with Crippen LogP contribution in [-0.4, -0.2) is 12.6 Å². The van der Waals surface area contributed by atoms with Gasteiger partial charge in [-0.15, -0.1) is 0 Å². The van der Waals surface area contributed by atoms with Gasteiger partial charge in [0.25, 0.3) is 0 Å². The highest BCUT2D eigenvalue weighted by Gasteiger charge is 2.23. The summed E-state index contributed by atoms with van der Waals surface area (Å²) in [5, 5.41) is 6.17. The standard InChI is InChI=1S/C18H25N/c1-5-19-14(2)13-18(3,4)17-11-10-15-8-6-7-9-16(15)12-17/h6-12,14,19H,5,13H2,1-4H3. The van der Waals surface area contributed by atoms with Crippen molar-refractivity contribution in [2.45, 2.75) is 45.6 Å². The van der Waals surface area contributed by atoms with Gasteiger partial charge in [-0.1, -0.05) is 63.2 Å². The van der Waals surface area contributed by atoms with Crippen LogP contribution in [0, 0.1) is 0 Å². The van der Waals surface area contributed by atoms with Crippen molar-refractivity contribution < 1.29 is 0 Å². The van der Waals surface area contributed by atoms with Gasteiger partial charge in [-0.3, -0.25) is 0 Å². The number of benzene rings is 2. The Bertz CT molecular complexity index is 542. The van der Waals surface area contributed by atoms with E-state index in [1.807, 2.05) is 0 Å². The summed E-state index contributed by atoms with van der Waals surface area (Å²) in [7, 11) is 0. The predicted molar refractivity (Wildman–Crippen MR) is 84.7 cm³/mol. The highest BCUT2D eigenvalue weighted by molar-refractivity contribution is 5.83. The highest BCUT2D eigenvalue weighted by atomic mass is 14.9. The summed E-state index contributed by atoms with van der Waals surface area (Å²) < 4.78 is 0. The molecule has 0 bridgehead atoms. The summed E-state index contributed by atoms with van der Waals surface area (Å²) >= 11 is 0. The fraction of sp³-hybridized carbons (Fsp3) is 0.444. The molecule has 0 aliphatic carbocycles. The first kappa shape index (κ1) is 14.1. The molecule has 2 aromatic rings. The van der Waals surface area contributed by atoms with Gasteiger partial charge in [0.15, 0.2) is 0 Å². The van der Waals surface area contributed by atoms with Crippen molar-refractivity contribution in [1.82, 2.24) is 5.32 Å². The van der Waals surface area contributed by atoms with Crippen molar-refractivity contribution in [3.63, 3.8) is 0 Å². The Labute approximate surface area is 117 Å². The lowest BCUT2D eigenvalue weighted by Gasteiger charge is -2.29. The summed E-state index contributed by atoms with van der Waals surface area (Å²) in [4.78, 5) is 0. The summed E-state index contributed by atoms with van der Waals surface area (Å²) in [6.45, 7) is 10.1. The van der Waals surface area contributed by atoms with Crippen LogP contribution in [0.1, 0.15) is 39.7 Å². The molecule has 0 spiro atoms. The lowest BCUT2D eigenvalue weighted by molar-refractivity contribution is 0.394. The van der Waals surface area contributed by atoms with Crippen molar-refractivity contribution in [3.05, 3.63) is 48.0 Å². The molecule has 2 aromatic carbocycles. The Morgan fingerprint density at radius 2 is 1.74 bits per heavy atom. The van der Waals surface area contributed by atoms with Gasteiger partial charge in [0.05, 0.1) is 0 Å². The maximum absolute atomic E-state index is 3.51. The molecule has 1 unspecified atom stereocenters. The number of rotatable bonds is 5. The molecule has 0 aromatic heterocycles. The van der Waals surface area contributed by atoms with Gasteiger partial charge in [-0.2, -0.15) is 0 Å². The molecule has 1 nitrogen and oxygen atoms in total. The quantitative estimate of drug-likeness (QED) is 0.829. The van der Waals surface area contributed by atoms with E-state index < -0.39 is 0 Å². The molecule has 0 aliphatic rings. The van der Waals surface area contributed by atoms with Crippen LogP contribution in [0.4, 0.5) is 0 Å².